The minimum absolute atomic E-state index is 0.134. The molecule has 0 bridgehead atoms. The van der Waals surface area contributed by atoms with E-state index in [1.807, 2.05) is 19.1 Å². The van der Waals surface area contributed by atoms with Crippen LogP contribution in [-0.2, 0) is 6.42 Å². The van der Waals surface area contributed by atoms with Gasteiger partial charge in [-0.1, -0.05) is 23.7 Å². The highest BCUT2D eigenvalue weighted by atomic mass is 35.5. The van der Waals surface area contributed by atoms with Gasteiger partial charge in [-0.15, -0.1) is 0 Å². The van der Waals surface area contributed by atoms with E-state index in [0.29, 0.717) is 10.6 Å². The lowest BCUT2D eigenvalue weighted by atomic mass is 10.0. The molecular weight excluding hydrogens is 284 g/mol. The number of carbonyl (C=O) groups is 1. The van der Waals surface area contributed by atoms with E-state index in [-0.39, 0.29) is 5.91 Å². The number of halogens is 1. The Morgan fingerprint density at radius 2 is 2.14 bits per heavy atom. The summed E-state index contributed by atoms with van der Waals surface area (Å²) in [7, 11) is 0. The molecule has 0 aromatic heterocycles. The van der Waals surface area contributed by atoms with Gasteiger partial charge in [-0.2, -0.15) is 0 Å². The van der Waals surface area contributed by atoms with Gasteiger partial charge in [0, 0.05) is 28.5 Å². The molecule has 0 aliphatic carbocycles. The standard InChI is InChI=1S/C17H17ClN2O/c1-11-14(5-2-6-15(11)18)17(21)20-13-8-7-12-4-3-9-19-16(12)10-13/h2,5-8,10,19H,3-4,9H2,1H3,(H,20,21). The van der Waals surface area contributed by atoms with E-state index in [1.54, 1.807) is 18.2 Å². The maximum atomic E-state index is 12.4. The predicted octanol–water partition coefficient (Wildman–Crippen LogP) is 4.26. The number of benzene rings is 2. The molecule has 108 valence electrons. The van der Waals surface area contributed by atoms with Crippen LogP contribution in [0.15, 0.2) is 36.4 Å². The van der Waals surface area contributed by atoms with Crippen molar-refractivity contribution < 1.29 is 4.79 Å². The van der Waals surface area contributed by atoms with Gasteiger partial charge in [0.25, 0.3) is 5.91 Å². The summed E-state index contributed by atoms with van der Waals surface area (Å²) in [6.45, 7) is 2.84. The summed E-state index contributed by atoms with van der Waals surface area (Å²) < 4.78 is 0. The van der Waals surface area contributed by atoms with E-state index in [0.717, 1.165) is 36.3 Å². The number of hydrogen-bond donors (Lipinski definition) is 2. The lowest BCUT2D eigenvalue weighted by Crippen LogP contribution is -2.15. The van der Waals surface area contributed by atoms with Crippen LogP contribution in [0, 0.1) is 6.92 Å². The fraction of sp³-hybridized carbons (Fsp3) is 0.235. The van der Waals surface area contributed by atoms with E-state index in [9.17, 15) is 4.79 Å². The van der Waals surface area contributed by atoms with Crippen LogP contribution in [0.2, 0.25) is 5.02 Å². The highest BCUT2D eigenvalue weighted by molar-refractivity contribution is 6.32. The highest BCUT2D eigenvalue weighted by Crippen LogP contribution is 2.26. The molecule has 0 atom stereocenters. The molecule has 0 spiro atoms. The molecular formula is C17H17ClN2O. The molecule has 3 nitrogen and oxygen atoms in total. The van der Waals surface area contributed by atoms with Crippen LogP contribution in [-0.4, -0.2) is 12.5 Å². The van der Waals surface area contributed by atoms with Crippen molar-refractivity contribution in [3.8, 4) is 0 Å². The van der Waals surface area contributed by atoms with Gasteiger partial charge < -0.3 is 10.6 Å². The van der Waals surface area contributed by atoms with E-state index in [2.05, 4.69) is 16.7 Å². The minimum atomic E-state index is -0.134. The lowest BCUT2D eigenvalue weighted by Gasteiger charge is -2.19. The number of aryl methyl sites for hydroxylation is 1. The summed E-state index contributed by atoms with van der Waals surface area (Å²) in [5.41, 5.74) is 4.62. The van der Waals surface area contributed by atoms with Crippen LogP contribution < -0.4 is 10.6 Å². The third-order valence-corrected chi connectivity index (χ3v) is 4.23. The molecule has 2 aromatic rings. The van der Waals surface area contributed by atoms with Gasteiger partial charge >= 0.3 is 0 Å². The monoisotopic (exact) mass is 300 g/mol. The van der Waals surface area contributed by atoms with Crippen molar-refractivity contribution in [2.75, 3.05) is 17.2 Å². The molecule has 0 fully saturated rings. The summed E-state index contributed by atoms with van der Waals surface area (Å²) in [6.07, 6.45) is 2.24. The molecule has 3 rings (SSSR count). The summed E-state index contributed by atoms with van der Waals surface area (Å²) in [6, 6.07) is 11.4. The van der Waals surface area contributed by atoms with E-state index in [4.69, 9.17) is 11.6 Å². The molecule has 0 radical (unpaired) electrons. The van der Waals surface area contributed by atoms with Crippen LogP contribution in [0.3, 0.4) is 0 Å². The first kappa shape index (κ1) is 14.0. The number of rotatable bonds is 2. The second-order valence-corrected chi connectivity index (χ2v) is 5.68. The summed E-state index contributed by atoms with van der Waals surface area (Å²) >= 11 is 6.07. The predicted molar refractivity (Wildman–Crippen MR) is 87.4 cm³/mol. The van der Waals surface area contributed by atoms with E-state index < -0.39 is 0 Å². The number of fused-ring (bicyclic) bond motifs is 1. The number of anilines is 2. The molecule has 4 heteroatoms. The molecule has 2 N–H and O–H groups in total. The molecule has 0 unspecified atom stereocenters. The molecule has 2 aromatic carbocycles. The summed E-state index contributed by atoms with van der Waals surface area (Å²) in [5.74, 6) is -0.134. The second-order valence-electron chi connectivity index (χ2n) is 5.27. The maximum absolute atomic E-state index is 12.4. The zero-order valence-corrected chi connectivity index (χ0v) is 12.6. The Morgan fingerprint density at radius 3 is 3.00 bits per heavy atom. The van der Waals surface area contributed by atoms with Crippen molar-refractivity contribution in [3.63, 3.8) is 0 Å². The van der Waals surface area contributed by atoms with Gasteiger partial charge in [0.1, 0.15) is 0 Å². The quantitative estimate of drug-likeness (QED) is 0.870. The van der Waals surface area contributed by atoms with Gasteiger partial charge in [0.2, 0.25) is 0 Å². The first-order chi connectivity index (χ1) is 10.1. The van der Waals surface area contributed by atoms with Crippen molar-refractivity contribution in [1.29, 1.82) is 0 Å². The third-order valence-electron chi connectivity index (χ3n) is 3.82. The molecule has 0 saturated heterocycles. The van der Waals surface area contributed by atoms with Gasteiger partial charge in [0.15, 0.2) is 0 Å². The first-order valence-corrected chi connectivity index (χ1v) is 7.46. The van der Waals surface area contributed by atoms with Crippen molar-refractivity contribution in [1.82, 2.24) is 0 Å². The van der Waals surface area contributed by atoms with Crippen LogP contribution in [0.1, 0.15) is 27.9 Å². The van der Waals surface area contributed by atoms with Crippen LogP contribution in [0.4, 0.5) is 11.4 Å². The normalized spacial score (nSPS) is 13.2. The number of carbonyl (C=O) groups excluding carboxylic acids is 1. The topological polar surface area (TPSA) is 41.1 Å². The average Bonchev–Trinajstić information content (AvgIpc) is 2.50. The molecule has 1 aliphatic heterocycles. The van der Waals surface area contributed by atoms with Crippen molar-refractivity contribution in [2.45, 2.75) is 19.8 Å². The summed E-state index contributed by atoms with van der Waals surface area (Å²) in [5, 5.41) is 6.91. The Morgan fingerprint density at radius 1 is 1.29 bits per heavy atom. The van der Waals surface area contributed by atoms with Crippen LogP contribution in [0.25, 0.3) is 0 Å². The summed E-state index contributed by atoms with van der Waals surface area (Å²) in [4.78, 5) is 12.4. The first-order valence-electron chi connectivity index (χ1n) is 7.08. The third kappa shape index (κ3) is 2.88. The molecule has 21 heavy (non-hydrogen) atoms. The highest BCUT2D eigenvalue weighted by Gasteiger charge is 2.13. The van der Waals surface area contributed by atoms with Crippen molar-refractivity contribution in [2.24, 2.45) is 0 Å². The van der Waals surface area contributed by atoms with Gasteiger partial charge in [-0.3, -0.25) is 4.79 Å². The average molecular weight is 301 g/mol. The van der Waals surface area contributed by atoms with E-state index >= 15 is 0 Å². The molecule has 0 saturated carbocycles. The fourth-order valence-electron chi connectivity index (χ4n) is 2.59. The number of hydrogen-bond acceptors (Lipinski definition) is 2. The second kappa shape index (κ2) is 5.78. The number of amides is 1. The zero-order valence-electron chi connectivity index (χ0n) is 11.9. The van der Waals surface area contributed by atoms with Gasteiger partial charge in [0.05, 0.1) is 0 Å². The molecule has 1 amide bonds. The molecule has 1 aliphatic rings. The molecule has 1 heterocycles. The minimum Gasteiger partial charge on any atom is -0.385 e. The lowest BCUT2D eigenvalue weighted by molar-refractivity contribution is 0.102. The van der Waals surface area contributed by atoms with Crippen LogP contribution in [0.5, 0.6) is 0 Å². The van der Waals surface area contributed by atoms with Gasteiger partial charge in [-0.25, -0.2) is 0 Å². The Hall–Kier alpha value is -2.00. The Bertz CT molecular complexity index is 697. The van der Waals surface area contributed by atoms with Crippen molar-refractivity contribution in [3.05, 3.63) is 58.1 Å². The Balaban J connectivity index is 1.83. The van der Waals surface area contributed by atoms with Crippen LogP contribution >= 0.6 is 11.6 Å². The zero-order chi connectivity index (χ0) is 14.8. The SMILES string of the molecule is Cc1c(Cl)cccc1C(=O)Nc1ccc2c(c1)NCCC2. The Labute approximate surface area is 129 Å². The van der Waals surface area contributed by atoms with Crippen molar-refractivity contribution >= 4 is 28.9 Å². The maximum Gasteiger partial charge on any atom is 0.255 e. The van der Waals surface area contributed by atoms with Gasteiger partial charge in [-0.05, 0) is 55.2 Å². The number of nitrogens with one attached hydrogen (secondary N) is 2. The largest absolute Gasteiger partial charge is 0.385 e. The Kier molecular flexibility index (Phi) is 3.84. The fourth-order valence-corrected chi connectivity index (χ4v) is 2.77. The smallest absolute Gasteiger partial charge is 0.255 e. The van der Waals surface area contributed by atoms with E-state index in [1.165, 1.54) is 5.56 Å².